The largest absolute Gasteiger partial charge is 0.464 e. The number of aromatic nitrogens is 6. The summed E-state index contributed by atoms with van der Waals surface area (Å²) in [6.45, 7) is 4.26. The molecule has 11 nitrogen and oxygen atoms in total. The van der Waals surface area contributed by atoms with Crippen LogP contribution < -0.4 is 15.4 Å². The molecule has 9 rings (SSSR count). The van der Waals surface area contributed by atoms with Crippen LogP contribution in [0.25, 0.3) is 44.7 Å². The van der Waals surface area contributed by atoms with Gasteiger partial charge in [0.15, 0.2) is 0 Å². The molecule has 6 aromatic rings. The van der Waals surface area contributed by atoms with Crippen molar-refractivity contribution in [1.29, 1.82) is 0 Å². The quantitative estimate of drug-likeness (QED) is 0.116. The van der Waals surface area contributed by atoms with Crippen molar-refractivity contribution in [2.45, 2.75) is 63.8 Å². The molecule has 1 saturated carbocycles. The van der Waals surface area contributed by atoms with Crippen molar-refractivity contribution in [2.75, 3.05) is 26.7 Å². The standard InChI is InChI=1S/C38H40FN9O2S/c1-3-11-47(34(49)19-40-2)20-33-42-16-28(45-33)23-13-25(39)35-30-14-24-12-22(27-17-43-36(46-27)26-5-4-10-41-26)8-9-29(24)48(30)38(50-31(35)15-23)32-18-44-37(51-32)21-6-7-21/h8-9,12-18,21,26,38,40-41H,3-7,10-11,19-20H2,1-2H3,(H,42,45)(H,43,46). The SMILES string of the molecule is CCCN(Cc1ncc(-c2cc(F)c3c(c2)OC(c2cnc(C4CC4)s2)n2c-3cc3cc(-c4cnc(C5CCCN5)[nH]4)ccc32)[nH]1)C(=O)CNC. The Balaban J connectivity index is 1.09. The maximum absolute atomic E-state index is 16.5. The van der Waals surface area contributed by atoms with Gasteiger partial charge in [-0.2, -0.15) is 0 Å². The molecule has 0 radical (unpaired) electrons. The Labute approximate surface area is 298 Å². The van der Waals surface area contributed by atoms with Gasteiger partial charge in [-0.25, -0.2) is 19.3 Å². The minimum Gasteiger partial charge on any atom is -0.464 e. The number of ether oxygens (including phenoxy) is 1. The number of hydrogen-bond donors (Lipinski definition) is 4. The molecule has 2 aliphatic heterocycles. The Morgan fingerprint density at radius 1 is 1.06 bits per heavy atom. The fourth-order valence-corrected chi connectivity index (χ4v) is 8.50. The highest BCUT2D eigenvalue weighted by molar-refractivity contribution is 7.11. The number of nitrogens with one attached hydrogen (secondary N) is 4. The second-order valence-electron chi connectivity index (χ2n) is 13.8. The smallest absolute Gasteiger partial charge is 0.236 e. The van der Waals surface area contributed by atoms with Gasteiger partial charge in [0, 0.05) is 35.2 Å². The van der Waals surface area contributed by atoms with Crippen LogP contribution in [0.1, 0.15) is 78.7 Å². The van der Waals surface area contributed by atoms with Crippen LogP contribution in [0.5, 0.6) is 5.75 Å². The highest BCUT2D eigenvalue weighted by Crippen LogP contribution is 2.49. The summed E-state index contributed by atoms with van der Waals surface area (Å²) in [6, 6.07) is 12.1. The molecule has 262 valence electrons. The number of H-pyrrole nitrogens is 2. The predicted octanol–water partition coefficient (Wildman–Crippen LogP) is 6.88. The van der Waals surface area contributed by atoms with Crippen molar-refractivity contribution in [2.24, 2.45) is 0 Å². The van der Waals surface area contributed by atoms with E-state index in [-0.39, 0.29) is 24.3 Å². The molecule has 51 heavy (non-hydrogen) atoms. The van der Waals surface area contributed by atoms with E-state index < -0.39 is 6.23 Å². The minimum atomic E-state index is -0.513. The lowest BCUT2D eigenvalue weighted by atomic mass is 10.0. The van der Waals surface area contributed by atoms with Gasteiger partial charge in [-0.3, -0.25) is 9.36 Å². The number of imidazole rings is 2. The molecule has 2 atom stereocenters. The highest BCUT2D eigenvalue weighted by atomic mass is 32.1. The maximum atomic E-state index is 16.5. The molecule has 13 heteroatoms. The number of fused-ring (bicyclic) bond motifs is 5. The van der Waals surface area contributed by atoms with Crippen molar-refractivity contribution >= 4 is 28.1 Å². The van der Waals surface area contributed by atoms with Crippen molar-refractivity contribution in [3.8, 4) is 39.5 Å². The zero-order valence-electron chi connectivity index (χ0n) is 28.6. The van der Waals surface area contributed by atoms with Crippen LogP contribution in [0.4, 0.5) is 4.39 Å². The molecule has 4 N–H and O–H groups in total. The zero-order chi connectivity index (χ0) is 34.6. The van der Waals surface area contributed by atoms with Crippen LogP contribution in [-0.2, 0) is 11.3 Å². The van der Waals surface area contributed by atoms with Crippen molar-refractivity contribution in [1.82, 2.24) is 45.0 Å². The predicted molar refractivity (Wildman–Crippen MR) is 195 cm³/mol. The molecule has 0 spiro atoms. The van der Waals surface area contributed by atoms with Gasteiger partial charge in [-0.15, -0.1) is 11.3 Å². The topological polar surface area (TPSA) is 129 Å². The monoisotopic (exact) mass is 705 g/mol. The molecule has 1 aliphatic carbocycles. The van der Waals surface area contributed by atoms with Gasteiger partial charge in [-0.05, 0) is 76.0 Å². The Morgan fingerprint density at radius 3 is 2.73 bits per heavy atom. The summed E-state index contributed by atoms with van der Waals surface area (Å²) < 4.78 is 25.3. The first kappa shape index (κ1) is 32.1. The molecule has 2 fully saturated rings. The molecular weight excluding hydrogens is 666 g/mol. The third-order valence-corrected chi connectivity index (χ3v) is 11.3. The number of amides is 1. The lowest BCUT2D eigenvalue weighted by Gasteiger charge is -2.29. The molecule has 2 aromatic carbocycles. The van der Waals surface area contributed by atoms with Gasteiger partial charge in [0.2, 0.25) is 12.1 Å². The third kappa shape index (κ3) is 5.92. The van der Waals surface area contributed by atoms with E-state index in [0.29, 0.717) is 47.4 Å². The molecule has 1 amide bonds. The number of halogens is 1. The summed E-state index contributed by atoms with van der Waals surface area (Å²) >= 11 is 1.68. The van der Waals surface area contributed by atoms with E-state index in [4.69, 9.17) is 9.72 Å². The lowest BCUT2D eigenvalue weighted by Crippen LogP contribution is -2.37. The number of likely N-dealkylation sites (N-methyl/N-ethyl adjacent to an activating group) is 1. The van der Waals surface area contributed by atoms with E-state index in [0.717, 1.165) is 82.2 Å². The molecule has 1 saturated heterocycles. The van der Waals surface area contributed by atoms with E-state index in [1.165, 1.54) is 6.07 Å². The third-order valence-electron chi connectivity index (χ3n) is 10.1. The first-order valence-corrected chi connectivity index (χ1v) is 18.7. The van der Waals surface area contributed by atoms with Crippen LogP contribution in [0, 0.1) is 5.82 Å². The van der Waals surface area contributed by atoms with Gasteiger partial charge in [0.25, 0.3) is 0 Å². The number of thiazole rings is 1. The summed E-state index contributed by atoms with van der Waals surface area (Å²) in [5.41, 5.74) is 5.37. The number of aromatic amines is 2. The fraction of sp³-hybridized carbons (Fsp3) is 0.368. The zero-order valence-corrected chi connectivity index (χ0v) is 29.4. The van der Waals surface area contributed by atoms with Gasteiger partial charge in [-0.1, -0.05) is 13.0 Å². The minimum absolute atomic E-state index is 0.00248. The van der Waals surface area contributed by atoms with Crippen molar-refractivity contribution < 1.29 is 13.9 Å². The second-order valence-corrected chi connectivity index (χ2v) is 14.9. The average molecular weight is 706 g/mol. The summed E-state index contributed by atoms with van der Waals surface area (Å²) in [5, 5.41) is 8.55. The van der Waals surface area contributed by atoms with Crippen molar-refractivity contribution in [3.05, 3.63) is 82.3 Å². The second kappa shape index (κ2) is 13.0. The number of rotatable bonds is 11. The Bertz CT molecular complexity index is 2240. The van der Waals surface area contributed by atoms with Crippen LogP contribution in [0.2, 0.25) is 0 Å². The van der Waals surface area contributed by atoms with Crippen LogP contribution in [0.3, 0.4) is 0 Å². The molecule has 6 heterocycles. The van der Waals surface area contributed by atoms with E-state index in [1.54, 1.807) is 29.5 Å². The van der Waals surface area contributed by atoms with E-state index in [9.17, 15) is 4.79 Å². The fourth-order valence-electron chi connectivity index (χ4n) is 7.39. The molecule has 4 aromatic heterocycles. The molecule has 2 unspecified atom stereocenters. The van der Waals surface area contributed by atoms with Crippen molar-refractivity contribution in [3.63, 3.8) is 0 Å². The molecule has 0 bridgehead atoms. The van der Waals surface area contributed by atoms with Gasteiger partial charge < -0.3 is 30.2 Å². The number of benzene rings is 2. The number of carbonyl (C=O) groups is 1. The first-order valence-electron chi connectivity index (χ1n) is 17.8. The van der Waals surface area contributed by atoms with Crippen LogP contribution in [-0.4, -0.2) is 67.0 Å². The summed E-state index contributed by atoms with van der Waals surface area (Å²) in [5.74, 6) is 2.19. The number of carbonyl (C=O) groups excluding carboxylic acids is 1. The van der Waals surface area contributed by atoms with Gasteiger partial charge in [0.05, 0.1) is 69.6 Å². The highest BCUT2D eigenvalue weighted by Gasteiger charge is 2.35. The molecular formula is C38H40FN9O2S. The molecule has 3 aliphatic rings. The summed E-state index contributed by atoms with van der Waals surface area (Å²) in [7, 11) is 1.76. The number of hydrogen-bond acceptors (Lipinski definition) is 8. The normalized spacial score (nSPS) is 18.2. The van der Waals surface area contributed by atoms with Crippen LogP contribution >= 0.6 is 11.3 Å². The van der Waals surface area contributed by atoms with Gasteiger partial charge >= 0.3 is 0 Å². The average Bonchev–Trinajstić information content (AvgIpc) is 3.74. The lowest BCUT2D eigenvalue weighted by molar-refractivity contribution is -0.130. The Hall–Kier alpha value is -4.85. The van der Waals surface area contributed by atoms with E-state index in [2.05, 4.69) is 59.4 Å². The van der Waals surface area contributed by atoms with Crippen LogP contribution in [0.15, 0.2) is 55.0 Å². The number of nitrogens with zero attached hydrogens (tertiary/aromatic N) is 5. The Kier molecular flexibility index (Phi) is 8.20. The summed E-state index contributed by atoms with van der Waals surface area (Å²) in [4.78, 5) is 36.3. The maximum Gasteiger partial charge on any atom is 0.236 e. The van der Waals surface area contributed by atoms with E-state index in [1.807, 2.05) is 25.4 Å². The first-order chi connectivity index (χ1) is 25.0. The van der Waals surface area contributed by atoms with Gasteiger partial charge in [0.1, 0.15) is 23.2 Å². The van der Waals surface area contributed by atoms with E-state index >= 15 is 4.39 Å². The Morgan fingerprint density at radius 2 is 1.92 bits per heavy atom. The summed E-state index contributed by atoms with van der Waals surface area (Å²) in [6.07, 6.45) is 10.4.